The molecule has 10 heteroatoms. The Hall–Kier alpha value is -3.01. The average Bonchev–Trinajstić information content (AvgIpc) is 3.10. The molecule has 1 aliphatic heterocycles. The molecule has 3 aromatic rings. The van der Waals surface area contributed by atoms with Crippen LogP contribution in [0.15, 0.2) is 41.8 Å². The van der Waals surface area contributed by atoms with Crippen LogP contribution in [-0.2, 0) is 16.4 Å². The summed E-state index contributed by atoms with van der Waals surface area (Å²) in [6.07, 6.45) is 8.64. The van der Waals surface area contributed by atoms with E-state index in [1.807, 2.05) is 29.2 Å². The second-order valence-corrected chi connectivity index (χ2v) is 9.29. The molecule has 1 N–H and O–H groups in total. The summed E-state index contributed by atoms with van der Waals surface area (Å²) in [6.45, 7) is 1.48. The maximum absolute atomic E-state index is 11.7. The van der Waals surface area contributed by atoms with Crippen LogP contribution in [0.3, 0.4) is 0 Å². The number of piperidine rings is 1. The first kappa shape index (κ1) is 19.3. The Kier molecular flexibility index (Phi) is 4.95. The smallest absolute Gasteiger partial charge is 0.407 e. The minimum absolute atomic E-state index is 0.192. The predicted octanol–water partition coefficient (Wildman–Crippen LogP) is 2.14. The predicted molar refractivity (Wildman–Crippen MR) is 106 cm³/mol. The van der Waals surface area contributed by atoms with E-state index in [1.165, 1.54) is 11.1 Å². The van der Waals surface area contributed by atoms with Crippen molar-refractivity contribution in [3.8, 4) is 0 Å². The molecule has 9 nitrogen and oxygen atoms in total. The van der Waals surface area contributed by atoms with Crippen LogP contribution in [0.1, 0.15) is 30.1 Å². The minimum Gasteiger partial charge on any atom is -0.465 e. The molecule has 152 valence electrons. The maximum atomic E-state index is 11.7. The largest absolute Gasteiger partial charge is 0.465 e. The van der Waals surface area contributed by atoms with E-state index in [1.54, 1.807) is 6.07 Å². The first-order valence-electron chi connectivity index (χ1n) is 9.25. The Morgan fingerprint density at radius 2 is 1.86 bits per heavy atom. The van der Waals surface area contributed by atoms with Crippen LogP contribution in [0, 0.1) is 0 Å². The number of hydrogen-bond donors (Lipinski definition) is 1. The summed E-state index contributed by atoms with van der Waals surface area (Å²) in [7, 11) is -3.30. The highest BCUT2D eigenvalue weighted by Crippen LogP contribution is 2.27. The molecule has 1 fully saturated rings. The highest BCUT2D eigenvalue weighted by molar-refractivity contribution is 7.90. The number of pyridine rings is 1. The summed E-state index contributed by atoms with van der Waals surface area (Å²) < 4.78 is 25.3. The van der Waals surface area contributed by atoms with Crippen molar-refractivity contribution in [2.45, 2.75) is 30.2 Å². The molecule has 1 amide bonds. The lowest BCUT2D eigenvalue weighted by Gasteiger charge is -2.29. The molecule has 0 unspecified atom stereocenters. The number of aromatic nitrogens is 4. The van der Waals surface area contributed by atoms with Crippen LogP contribution in [0.2, 0.25) is 0 Å². The number of rotatable bonds is 4. The number of likely N-dealkylation sites (tertiary alicyclic amines) is 1. The van der Waals surface area contributed by atoms with Crippen LogP contribution in [0.4, 0.5) is 4.79 Å². The molecule has 0 aliphatic carbocycles. The Balaban J connectivity index is 1.47. The Labute approximate surface area is 168 Å². The minimum atomic E-state index is -3.30. The fraction of sp³-hybridized carbons (Fsp3) is 0.368. The topological polar surface area (TPSA) is 118 Å². The molecule has 0 aromatic carbocycles. The fourth-order valence-corrected chi connectivity index (χ4v) is 4.19. The van der Waals surface area contributed by atoms with Gasteiger partial charge in [-0.1, -0.05) is 0 Å². The third kappa shape index (κ3) is 4.07. The Morgan fingerprint density at radius 1 is 1.17 bits per heavy atom. The van der Waals surface area contributed by atoms with E-state index in [0.29, 0.717) is 31.1 Å². The first-order valence-corrected chi connectivity index (χ1v) is 11.1. The van der Waals surface area contributed by atoms with E-state index in [-0.39, 0.29) is 10.8 Å². The summed E-state index contributed by atoms with van der Waals surface area (Å²) in [4.78, 5) is 25.9. The van der Waals surface area contributed by atoms with Gasteiger partial charge in [-0.2, -0.15) is 0 Å². The van der Waals surface area contributed by atoms with E-state index < -0.39 is 15.9 Å². The van der Waals surface area contributed by atoms with Crippen molar-refractivity contribution in [2.75, 3.05) is 19.3 Å². The SMILES string of the molecule is CS(=O)(=O)c1cnc2c(ccn2Cc2ncc(C3CCN(C(=O)O)CC3)cn2)c1. The molecule has 0 bridgehead atoms. The van der Waals surface area contributed by atoms with Crippen LogP contribution in [0.5, 0.6) is 0 Å². The van der Waals surface area contributed by atoms with Crippen LogP contribution < -0.4 is 0 Å². The molecule has 4 rings (SSSR count). The van der Waals surface area contributed by atoms with E-state index in [9.17, 15) is 13.2 Å². The number of carboxylic acid groups (broad SMARTS) is 1. The molecule has 0 saturated carbocycles. The summed E-state index contributed by atoms with van der Waals surface area (Å²) >= 11 is 0. The van der Waals surface area contributed by atoms with Crippen molar-refractivity contribution in [3.05, 3.63) is 48.3 Å². The van der Waals surface area contributed by atoms with Gasteiger partial charge in [-0.15, -0.1) is 0 Å². The third-order valence-corrected chi connectivity index (χ3v) is 6.36. The van der Waals surface area contributed by atoms with E-state index >= 15 is 0 Å². The zero-order valence-corrected chi connectivity index (χ0v) is 16.7. The first-order chi connectivity index (χ1) is 13.8. The molecular formula is C19H21N5O4S. The fourth-order valence-electron chi connectivity index (χ4n) is 3.60. The van der Waals surface area contributed by atoms with Gasteiger partial charge < -0.3 is 14.6 Å². The average molecular weight is 415 g/mol. The monoisotopic (exact) mass is 415 g/mol. The van der Waals surface area contributed by atoms with Gasteiger partial charge in [0.25, 0.3) is 0 Å². The lowest BCUT2D eigenvalue weighted by molar-refractivity contribution is 0.132. The van der Waals surface area contributed by atoms with Crippen molar-refractivity contribution >= 4 is 27.0 Å². The molecule has 0 radical (unpaired) electrons. The Morgan fingerprint density at radius 3 is 2.48 bits per heavy atom. The highest BCUT2D eigenvalue weighted by atomic mass is 32.2. The zero-order chi connectivity index (χ0) is 20.6. The van der Waals surface area contributed by atoms with Gasteiger partial charge in [0, 0.05) is 49.5 Å². The van der Waals surface area contributed by atoms with Crippen LogP contribution in [-0.4, -0.2) is 63.4 Å². The van der Waals surface area contributed by atoms with Gasteiger partial charge in [0.1, 0.15) is 11.5 Å². The molecular weight excluding hydrogens is 394 g/mol. The molecule has 1 aliphatic rings. The summed E-state index contributed by atoms with van der Waals surface area (Å²) in [5.74, 6) is 0.895. The van der Waals surface area contributed by atoms with Crippen LogP contribution in [0.25, 0.3) is 11.0 Å². The van der Waals surface area contributed by atoms with E-state index in [2.05, 4.69) is 15.0 Å². The molecule has 29 heavy (non-hydrogen) atoms. The van der Waals surface area contributed by atoms with Gasteiger partial charge in [0.15, 0.2) is 9.84 Å². The van der Waals surface area contributed by atoms with Gasteiger partial charge in [-0.25, -0.2) is 28.2 Å². The zero-order valence-electron chi connectivity index (χ0n) is 15.9. The number of amides is 1. The number of fused-ring (bicyclic) bond motifs is 1. The number of sulfone groups is 1. The van der Waals surface area contributed by atoms with Gasteiger partial charge >= 0.3 is 6.09 Å². The van der Waals surface area contributed by atoms with E-state index in [4.69, 9.17) is 5.11 Å². The van der Waals surface area contributed by atoms with Crippen LogP contribution >= 0.6 is 0 Å². The van der Waals surface area contributed by atoms with Crippen molar-refractivity contribution < 1.29 is 18.3 Å². The standard InChI is InChI=1S/C19H21N5O4S/c1-29(27,28)16-8-14-4-7-24(18(14)22-11-16)12-17-20-9-15(10-21-17)13-2-5-23(6-3-13)19(25)26/h4,7-11,13H,2-3,5-6,12H2,1H3,(H,25,26). The van der Waals surface area contributed by atoms with Crippen molar-refractivity contribution in [2.24, 2.45) is 0 Å². The van der Waals surface area contributed by atoms with Crippen molar-refractivity contribution in [1.82, 2.24) is 24.4 Å². The van der Waals surface area contributed by atoms with Gasteiger partial charge in [0.05, 0.1) is 11.4 Å². The highest BCUT2D eigenvalue weighted by Gasteiger charge is 2.23. The Bertz CT molecular complexity index is 1150. The second-order valence-electron chi connectivity index (χ2n) is 7.28. The van der Waals surface area contributed by atoms with Crippen molar-refractivity contribution in [1.29, 1.82) is 0 Å². The normalized spacial score (nSPS) is 15.7. The van der Waals surface area contributed by atoms with Crippen molar-refractivity contribution in [3.63, 3.8) is 0 Å². The summed E-state index contributed by atoms with van der Waals surface area (Å²) in [6, 6.07) is 3.43. The number of hydrogen-bond acceptors (Lipinski definition) is 6. The van der Waals surface area contributed by atoms with Gasteiger partial charge in [0.2, 0.25) is 0 Å². The van der Waals surface area contributed by atoms with E-state index in [0.717, 1.165) is 30.0 Å². The summed E-state index contributed by atoms with van der Waals surface area (Å²) in [5, 5.41) is 9.79. The molecule has 0 atom stereocenters. The molecule has 0 spiro atoms. The third-order valence-electron chi connectivity index (χ3n) is 5.28. The molecule has 4 heterocycles. The van der Waals surface area contributed by atoms with Gasteiger partial charge in [-0.05, 0) is 36.5 Å². The quantitative estimate of drug-likeness (QED) is 0.693. The maximum Gasteiger partial charge on any atom is 0.407 e. The second kappa shape index (κ2) is 7.43. The number of nitrogens with zero attached hydrogens (tertiary/aromatic N) is 5. The van der Waals surface area contributed by atoms with Gasteiger partial charge in [-0.3, -0.25) is 0 Å². The molecule has 3 aromatic heterocycles. The lowest BCUT2D eigenvalue weighted by Crippen LogP contribution is -2.36. The lowest BCUT2D eigenvalue weighted by atomic mass is 9.91. The summed E-state index contributed by atoms with van der Waals surface area (Å²) in [5.41, 5.74) is 1.69. The number of carbonyl (C=O) groups is 1. The molecule has 1 saturated heterocycles.